The van der Waals surface area contributed by atoms with E-state index < -0.39 is 0 Å². The smallest absolute Gasteiger partial charge is 0.244 e. The molecule has 3 heteroatoms. The summed E-state index contributed by atoms with van der Waals surface area (Å²) < 4.78 is 0. The van der Waals surface area contributed by atoms with Gasteiger partial charge in [-0.05, 0) is 29.2 Å². The van der Waals surface area contributed by atoms with Crippen LogP contribution in [0.4, 0.5) is 0 Å². The number of nitrogens with one attached hydrogen (secondary N) is 1. The van der Waals surface area contributed by atoms with Gasteiger partial charge in [-0.3, -0.25) is 4.79 Å². The van der Waals surface area contributed by atoms with Gasteiger partial charge in [0.15, 0.2) is 0 Å². The fourth-order valence-corrected chi connectivity index (χ4v) is 2.61. The predicted molar refractivity (Wildman–Crippen MR) is 93.0 cm³/mol. The molecule has 3 nitrogen and oxygen atoms in total. The largest absolute Gasteiger partial charge is 0.273 e. The summed E-state index contributed by atoms with van der Waals surface area (Å²) in [5.74, 6) is -0.0546. The molecule has 0 unspecified atom stereocenters. The van der Waals surface area contributed by atoms with Crippen molar-refractivity contribution in [1.29, 1.82) is 0 Å². The number of benzene rings is 2. The van der Waals surface area contributed by atoms with Crippen molar-refractivity contribution in [2.45, 2.75) is 46.0 Å². The Balaban J connectivity index is 2.06. The van der Waals surface area contributed by atoms with Crippen LogP contribution < -0.4 is 5.43 Å². The first-order valence-electron chi connectivity index (χ1n) is 8.05. The van der Waals surface area contributed by atoms with Crippen LogP contribution in [-0.2, 0) is 11.2 Å². The predicted octanol–water partition coefficient (Wildman–Crippen LogP) is 4.45. The Morgan fingerprint density at radius 3 is 2.41 bits per heavy atom. The molecule has 116 valence electrons. The van der Waals surface area contributed by atoms with Gasteiger partial charge in [0.2, 0.25) is 5.91 Å². The molecule has 0 radical (unpaired) electrons. The zero-order valence-corrected chi connectivity index (χ0v) is 13.4. The minimum Gasteiger partial charge on any atom is -0.273 e. The third-order valence-corrected chi connectivity index (χ3v) is 3.65. The molecule has 0 fully saturated rings. The molecule has 0 saturated heterocycles. The van der Waals surface area contributed by atoms with Crippen LogP contribution in [0.3, 0.4) is 0 Å². The number of carbonyl (C=O) groups excluding carboxylic acids is 1. The SMILES string of the molecule is CCCC(CCC)=NNC(=O)Cc1cccc2ccccc12. The van der Waals surface area contributed by atoms with Crippen molar-refractivity contribution in [3.8, 4) is 0 Å². The van der Waals surface area contributed by atoms with Crippen molar-refractivity contribution >= 4 is 22.4 Å². The molecule has 0 aliphatic rings. The van der Waals surface area contributed by atoms with Gasteiger partial charge >= 0.3 is 0 Å². The van der Waals surface area contributed by atoms with Crippen LogP contribution in [0.25, 0.3) is 10.8 Å². The van der Waals surface area contributed by atoms with Crippen LogP contribution in [0.1, 0.15) is 45.1 Å². The van der Waals surface area contributed by atoms with E-state index >= 15 is 0 Å². The summed E-state index contributed by atoms with van der Waals surface area (Å²) in [4.78, 5) is 12.2. The normalized spacial score (nSPS) is 10.5. The number of hydrogen-bond donors (Lipinski definition) is 1. The summed E-state index contributed by atoms with van der Waals surface area (Å²) in [6.45, 7) is 4.26. The minimum absolute atomic E-state index is 0.0546. The Morgan fingerprint density at radius 2 is 1.68 bits per heavy atom. The van der Waals surface area contributed by atoms with Crippen LogP contribution in [0, 0.1) is 0 Å². The highest BCUT2D eigenvalue weighted by Crippen LogP contribution is 2.18. The quantitative estimate of drug-likeness (QED) is 0.595. The molecule has 0 saturated carbocycles. The van der Waals surface area contributed by atoms with Crippen LogP contribution in [-0.4, -0.2) is 11.6 Å². The second kappa shape index (κ2) is 8.32. The van der Waals surface area contributed by atoms with E-state index in [0.717, 1.165) is 47.7 Å². The first-order valence-corrected chi connectivity index (χ1v) is 8.05. The van der Waals surface area contributed by atoms with Gasteiger partial charge in [-0.1, -0.05) is 69.2 Å². The molecule has 0 atom stereocenters. The highest BCUT2D eigenvalue weighted by atomic mass is 16.2. The number of fused-ring (bicyclic) bond motifs is 1. The van der Waals surface area contributed by atoms with Crippen molar-refractivity contribution < 1.29 is 4.79 Å². The average Bonchev–Trinajstić information content (AvgIpc) is 2.53. The third-order valence-electron chi connectivity index (χ3n) is 3.65. The Kier molecular flexibility index (Phi) is 6.13. The molecule has 0 spiro atoms. The number of nitrogens with zero attached hydrogens (tertiary/aromatic N) is 1. The molecule has 0 aromatic heterocycles. The Labute approximate surface area is 132 Å². The fraction of sp³-hybridized carbons (Fsp3) is 0.368. The van der Waals surface area contributed by atoms with Gasteiger partial charge in [-0.15, -0.1) is 0 Å². The Morgan fingerprint density at radius 1 is 1.00 bits per heavy atom. The van der Waals surface area contributed by atoms with E-state index in [1.54, 1.807) is 0 Å². The summed E-state index contributed by atoms with van der Waals surface area (Å²) in [5.41, 5.74) is 4.83. The topological polar surface area (TPSA) is 41.5 Å². The summed E-state index contributed by atoms with van der Waals surface area (Å²) in [6.07, 6.45) is 4.36. The van der Waals surface area contributed by atoms with E-state index in [-0.39, 0.29) is 5.91 Å². The Bertz CT molecular complexity index is 648. The highest BCUT2D eigenvalue weighted by Gasteiger charge is 2.06. The van der Waals surface area contributed by atoms with Gasteiger partial charge < -0.3 is 0 Å². The van der Waals surface area contributed by atoms with Crippen LogP contribution in [0.5, 0.6) is 0 Å². The molecule has 0 aliphatic carbocycles. The molecule has 0 aliphatic heterocycles. The number of amides is 1. The molecule has 1 amide bonds. The molecule has 2 aromatic rings. The van der Waals surface area contributed by atoms with Crippen LogP contribution in [0.15, 0.2) is 47.6 Å². The van der Waals surface area contributed by atoms with Crippen molar-refractivity contribution in [3.05, 3.63) is 48.0 Å². The first-order chi connectivity index (χ1) is 10.7. The van der Waals surface area contributed by atoms with Crippen LogP contribution >= 0.6 is 0 Å². The molecule has 2 rings (SSSR count). The molecular formula is C19H24N2O. The van der Waals surface area contributed by atoms with Crippen molar-refractivity contribution in [3.63, 3.8) is 0 Å². The van der Waals surface area contributed by atoms with Gasteiger partial charge in [0.25, 0.3) is 0 Å². The van der Waals surface area contributed by atoms with Gasteiger partial charge in [-0.2, -0.15) is 5.10 Å². The van der Waals surface area contributed by atoms with E-state index in [0.29, 0.717) is 6.42 Å². The number of rotatable bonds is 7. The maximum Gasteiger partial charge on any atom is 0.244 e. The summed E-state index contributed by atoms with van der Waals surface area (Å²) >= 11 is 0. The standard InChI is InChI=1S/C19H24N2O/c1-3-8-17(9-4-2)20-21-19(22)14-16-12-7-11-15-10-5-6-13-18(15)16/h5-7,10-13H,3-4,8-9,14H2,1-2H3,(H,21,22). The van der Waals surface area contributed by atoms with Crippen molar-refractivity contribution in [2.24, 2.45) is 5.10 Å². The van der Waals surface area contributed by atoms with Crippen molar-refractivity contribution in [1.82, 2.24) is 5.43 Å². The average molecular weight is 296 g/mol. The zero-order chi connectivity index (χ0) is 15.8. The number of hydrogen-bond acceptors (Lipinski definition) is 2. The summed E-state index contributed by atoms with van der Waals surface area (Å²) in [5, 5.41) is 6.59. The van der Waals surface area contributed by atoms with Gasteiger partial charge in [0, 0.05) is 5.71 Å². The van der Waals surface area contributed by atoms with E-state index in [9.17, 15) is 4.79 Å². The van der Waals surface area contributed by atoms with Gasteiger partial charge in [-0.25, -0.2) is 5.43 Å². The van der Waals surface area contributed by atoms with Crippen LogP contribution in [0.2, 0.25) is 0 Å². The minimum atomic E-state index is -0.0546. The number of carbonyl (C=O) groups is 1. The van der Waals surface area contributed by atoms with E-state index in [2.05, 4.69) is 42.6 Å². The maximum absolute atomic E-state index is 12.2. The lowest BCUT2D eigenvalue weighted by Crippen LogP contribution is -2.21. The van der Waals surface area contributed by atoms with E-state index in [1.807, 2.05) is 24.3 Å². The lowest BCUT2D eigenvalue weighted by atomic mass is 10.0. The monoisotopic (exact) mass is 296 g/mol. The second-order valence-electron chi connectivity index (χ2n) is 5.53. The van der Waals surface area contributed by atoms with E-state index in [4.69, 9.17) is 0 Å². The lowest BCUT2D eigenvalue weighted by molar-refractivity contribution is -0.120. The van der Waals surface area contributed by atoms with Gasteiger partial charge in [0.05, 0.1) is 6.42 Å². The third kappa shape index (κ3) is 4.42. The fourth-order valence-electron chi connectivity index (χ4n) is 2.61. The first kappa shape index (κ1) is 16.2. The lowest BCUT2D eigenvalue weighted by Gasteiger charge is -2.07. The molecule has 0 bridgehead atoms. The summed E-state index contributed by atoms with van der Waals surface area (Å²) in [7, 11) is 0. The Hall–Kier alpha value is -2.16. The van der Waals surface area contributed by atoms with Gasteiger partial charge in [0.1, 0.15) is 0 Å². The maximum atomic E-state index is 12.2. The summed E-state index contributed by atoms with van der Waals surface area (Å²) in [6, 6.07) is 14.2. The highest BCUT2D eigenvalue weighted by molar-refractivity contribution is 5.91. The zero-order valence-electron chi connectivity index (χ0n) is 13.4. The van der Waals surface area contributed by atoms with E-state index in [1.165, 1.54) is 0 Å². The molecule has 1 N–H and O–H groups in total. The van der Waals surface area contributed by atoms with Crippen molar-refractivity contribution in [2.75, 3.05) is 0 Å². The molecular weight excluding hydrogens is 272 g/mol. The molecule has 22 heavy (non-hydrogen) atoms. The number of hydrazone groups is 1. The molecule has 2 aromatic carbocycles. The second-order valence-corrected chi connectivity index (χ2v) is 5.53. The molecule has 0 heterocycles.